The average molecular weight is 638 g/mol. The van der Waals surface area contributed by atoms with Crippen molar-refractivity contribution in [3.05, 3.63) is 124 Å². The van der Waals surface area contributed by atoms with E-state index in [1.807, 2.05) is 35.2 Å². The highest BCUT2D eigenvalue weighted by atomic mass is 35.5. The summed E-state index contributed by atoms with van der Waals surface area (Å²) in [6.45, 7) is 1.77. The van der Waals surface area contributed by atoms with E-state index in [2.05, 4.69) is 6.07 Å². The Kier molecular flexibility index (Phi) is 9.74. The number of benzene rings is 3. The van der Waals surface area contributed by atoms with Gasteiger partial charge in [-0.05, 0) is 35.4 Å². The Hall–Kier alpha value is -5.53. The molecule has 11 heteroatoms. The molecule has 3 aromatic rings. The smallest absolute Gasteiger partial charge is 0.355 e. The van der Waals surface area contributed by atoms with Gasteiger partial charge < -0.3 is 25.0 Å². The van der Waals surface area contributed by atoms with Crippen LogP contribution in [0.2, 0.25) is 5.02 Å². The highest BCUT2D eigenvalue weighted by Crippen LogP contribution is 2.46. The van der Waals surface area contributed by atoms with E-state index in [-0.39, 0.29) is 28.6 Å². The number of rotatable bonds is 7. The number of esters is 2. The number of carbonyl (C=O) groups is 3. The van der Waals surface area contributed by atoms with Gasteiger partial charge in [-0.2, -0.15) is 5.26 Å². The first-order valence-corrected chi connectivity index (χ1v) is 14.9. The predicted molar refractivity (Wildman–Crippen MR) is 175 cm³/mol. The van der Waals surface area contributed by atoms with Gasteiger partial charge in [-0.3, -0.25) is 9.69 Å². The molecule has 1 unspecified atom stereocenters. The molecular formula is C35H32ClN5O5. The highest BCUT2D eigenvalue weighted by molar-refractivity contribution is 6.31. The van der Waals surface area contributed by atoms with Crippen LogP contribution in [0.1, 0.15) is 17.0 Å². The van der Waals surface area contributed by atoms with E-state index in [4.69, 9.17) is 26.8 Å². The molecule has 0 bridgehead atoms. The number of piperazine rings is 1. The standard InChI is InChI=1S/C35H32ClN5O5/c1-45-34(43)31-30(24-11-7-4-8-12-24)26(22-37)33(38)41(32(31)35(44)46-2)28-21-25(36)14-15-27(28)39-17-19-40(20-18-39)29(42)16-13-23-9-5-3-6-10-23/h3-16,21,30H,17-20,38H2,1-2H3. The minimum absolute atomic E-state index is 0.0470. The second-order valence-corrected chi connectivity index (χ2v) is 11.0. The van der Waals surface area contributed by atoms with Crippen molar-refractivity contribution in [3.8, 4) is 6.07 Å². The lowest BCUT2D eigenvalue weighted by atomic mass is 9.81. The lowest BCUT2D eigenvalue weighted by molar-refractivity contribution is -0.139. The summed E-state index contributed by atoms with van der Waals surface area (Å²) < 4.78 is 10.3. The second kappa shape index (κ2) is 14.1. The van der Waals surface area contributed by atoms with Crippen molar-refractivity contribution < 1.29 is 23.9 Å². The summed E-state index contributed by atoms with van der Waals surface area (Å²) in [5.41, 5.74) is 8.97. The number of hydrogen-bond donors (Lipinski definition) is 1. The van der Waals surface area contributed by atoms with Crippen molar-refractivity contribution >= 4 is 46.9 Å². The zero-order valence-electron chi connectivity index (χ0n) is 25.4. The van der Waals surface area contributed by atoms with Gasteiger partial charge in [0.15, 0.2) is 0 Å². The number of allylic oxidation sites excluding steroid dienone is 1. The summed E-state index contributed by atoms with van der Waals surface area (Å²) in [7, 11) is 2.39. The Morgan fingerprint density at radius 2 is 1.52 bits per heavy atom. The van der Waals surface area contributed by atoms with Gasteiger partial charge in [0, 0.05) is 37.3 Å². The molecular weight excluding hydrogens is 606 g/mol. The van der Waals surface area contributed by atoms with Gasteiger partial charge in [0.25, 0.3) is 0 Å². The maximum absolute atomic E-state index is 13.6. The maximum atomic E-state index is 13.6. The first kappa shape index (κ1) is 31.9. The molecule has 3 aromatic carbocycles. The van der Waals surface area contributed by atoms with Crippen LogP contribution in [0.5, 0.6) is 0 Å². The van der Waals surface area contributed by atoms with Crippen LogP contribution in [0.15, 0.2) is 108 Å². The predicted octanol–water partition coefficient (Wildman–Crippen LogP) is 4.60. The molecule has 234 valence electrons. The normalized spacial score (nSPS) is 16.8. The maximum Gasteiger partial charge on any atom is 0.355 e. The molecule has 1 fully saturated rings. The van der Waals surface area contributed by atoms with Crippen LogP contribution in [0.3, 0.4) is 0 Å². The summed E-state index contributed by atoms with van der Waals surface area (Å²) in [6, 6.07) is 25.6. The largest absolute Gasteiger partial charge is 0.466 e. The number of anilines is 2. The van der Waals surface area contributed by atoms with Crippen LogP contribution in [-0.4, -0.2) is 63.1 Å². The lowest BCUT2D eigenvalue weighted by Gasteiger charge is -2.40. The van der Waals surface area contributed by atoms with Crippen LogP contribution in [0.4, 0.5) is 11.4 Å². The summed E-state index contributed by atoms with van der Waals surface area (Å²) in [5, 5.41) is 10.7. The Balaban J connectivity index is 1.56. The van der Waals surface area contributed by atoms with E-state index in [1.54, 1.807) is 65.6 Å². The third-order valence-corrected chi connectivity index (χ3v) is 8.17. The minimum atomic E-state index is -0.995. The molecule has 46 heavy (non-hydrogen) atoms. The number of carbonyl (C=O) groups excluding carboxylic acids is 3. The van der Waals surface area contributed by atoms with Crippen molar-refractivity contribution in [1.29, 1.82) is 5.26 Å². The van der Waals surface area contributed by atoms with Crippen molar-refractivity contribution in [1.82, 2.24) is 4.90 Å². The monoisotopic (exact) mass is 637 g/mol. The minimum Gasteiger partial charge on any atom is -0.466 e. The molecule has 2 aliphatic heterocycles. The third kappa shape index (κ3) is 6.32. The van der Waals surface area contributed by atoms with Crippen LogP contribution in [0.25, 0.3) is 6.08 Å². The van der Waals surface area contributed by atoms with Gasteiger partial charge in [0.1, 0.15) is 11.5 Å². The SMILES string of the molecule is COC(=O)C1=C(C(=O)OC)N(c2cc(Cl)ccc2N2CCN(C(=O)C=Cc3ccccc3)CC2)C(N)=C(C#N)C1c1ccccc1. The van der Waals surface area contributed by atoms with E-state index >= 15 is 0 Å². The van der Waals surface area contributed by atoms with Crippen molar-refractivity contribution in [2.45, 2.75) is 5.92 Å². The van der Waals surface area contributed by atoms with Crippen LogP contribution in [0, 0.1) is 11.3 Å². The number of halogens is 1. The van der Waals surface area contributed by atoms with Crippen molar-refractivity contribution in [3.63, 3.8) is 0 Å². The second-order valence-electron chi connectivity index (χ2n) is 10.5. The first-order valence-electron chi connectivity index (χ1n) is 14.5. The summed E-state index contributed by atoms with van der Waals surface area (Å²) >= 11 is 6.50. The first-order chi connectivity index (χ1) is 22.3. The van der Waals surface area contributed by atoms with E-state index in [0.717, 1.165) is 5.56 Å². The molecule has 0 spiro atoms. The molecule has 0 radical (unpaired) electrons. The molecule has 2 heterocycles. The Bertz CT molecular complexity index is 1770. The summed E-state index contributed by atoms with van der Waals surface area (Å²) in [4.78, 5) is 45.1. The molecule has 0 aliphatic carbocycles. The zero-order valence-corrected chi connectivity index (χ0v) is 26.1. The summed E-state index contributed by atoms with van der Waals surface area (Å²) in [5.74, 6) is -2.84. The summed E-state index contributed by atoms with van der Waals surface area (Å²) in [6.07, 6.45) is 3.35. The van der Waals surface area contributed by atoms with Crippen molar-refractivity contribution in [2.24, 2.45) is 5.73 Å². The molecule has 5 rings (SSSR count). The number of nitrogens with zero attached hydrogens (tertiary/aromatic N) is 4. The number of amides is 1. The van der Waals surface area contributed by atoms with Gasteiger partial charge in [-0.25, -0.2) is 9.59 Å². The average Bonchev–Trinajstić information content (AvgIpc) is 3.10. The Labute approximate surface area is 272 Å². The molecule has 10 nitrogen and oxygen atoms in total. The fourth-order valence-corrected chi connectivity index (χ4v) is 5.88. The molecule has 1 amide bonds. The van der Waals surface area contributed by atoms with Crippen LogP contribution < -0.4 is 15.5 Å². The Morgan fingerprint density at radius 3 is 2.13 bits per heavy atom. The van der Waals surface area contributed by atoms with E-state index in [1.165, 1.54) is 19.1 Å². The van der Waals surface area contributed by atoms with Gasteiger partial charge in [0.05, 0.1) is 48.7 Å². The quantitative estimate of drug-likeness (QED) is 0.292. The number of hydrogen-bond acceptors (Lipinski definition) is 9. The van der Waals surface area contributed by atoms with E-state index < -0.39 is 17.9 Å². The Morgan fingerprint density at radius 1 is 0.891 bits per heavy atom. The molecule has 2 N–H and O–H groups in total. The molecule has 1 atom stereocenters. The van der Waals surface area contributed by atoms with Crippen molar-refractivity contribution in [2.75, 3.05) is 50.2 Å². The van der Waals surface area contributed by atoms with Gasteiger partial charge in [0.2, 0.25) is 5.91 Å². The van der Waals surface area contributed by atoms with Gasteiger partial charge in [-0.1, -0.05) is 72.3 Å². The topological polar surface area (TPSA) is 129 Å². The molecule has 1 saturated heterocycles. The highest BCUT2D eigenvalue weighted by Gasteiger charge is 2.44. The molecule has 0 saturated carbocycles. The van der Waals surface area contributed by atoms with Crippen LogP contribution in [-0.2, 0) is 23.9 Å². The fraction of sp³-hybridized carbons (Fsp3) is 0.200. The lowest BCUT2D eigenvalue weighted by Crippen LogP contribution is -2.49. The fourth-order valence-electron chi connectivity index (χ4n) is 5.71. The number of nitriles is 1. The number of ether oxygens (including phenoxy) is 2. The van der Waals surface area contributed by atoms with Crippen LogP contribution >= 0.6 is 11.6 Å². The number of nitrogens with two attached hydrogens (primary N) is 1. The van der Waals surface area contributed by atoms with Gasteiger partial charge in [-0.15, -0.1) is 0 Å². The van der Waals surface area contributed by atoms with E-state index in [9.17, 15) is 19.6 Å². The number of methoxy groups -OCH3 is 2. The van der Waals surface area contributed by atoms with E-state index in [0.29, 0.717) is 48.1 Å². The molecule has 2 aliphatic rings. The zero-order chi connectivity index (χ0) is 32.8. The van der Waals surface area contributed by atoms with Gasteiger partial charge >= 0.3 is 11.9 Å². The molecule has 0 aromatic heterocycles. The third-order valence-electron chi connectivity index (χ3n) is 7.94.